The highest BCUT2D eigenvalue weighted by molar-refractivity contribution is 6.31. The summed E-state index contributed by atoms with van der Waals surface area (Å²) in [7, 11) is 0. The van der Waals surface area contributed by atoms with Crippen LogP contribution in [0, 0.1) is 0 Å². The van der Waals surface area contributed by atoms with Crippen molar-refractivity contribution < 1.29 is 9.53 Å². The number of carbonyl (C=O) groups is 1. The Balaban J connectivity index is 1.43. The normalized spacial score (nSPS) is 22.2. The van der Waals surface area contributed by atoms with Crippen LogP contribution < -0.4 is 0 Å². The van der Waals surface area contributed by atoms with Crippen LogP contribution in [0.2, 0.25) is 5.02 Å². The van der Waals surface area contributed by atoms with Crippen molar-refractivity contribution in [3.63, 3.8) is 0 Å². The molecule has 2 aromatic heterocycles. The van der Waals surface area contributed by atoms with Gasteiger partial charge in [-0.25, -0.2) is 9.97 Å². The Bertz CT molecular complexity index is 753. The van der Waals surface area contributed by atoms with Crippen LogP contribution in [0.4, 0.5) is 0 Å². The summed E-state index contributed by atoms with van der Waals surface area (Å²) in [5.74, 6) is 0.536. The minimum absolute atomic E-state index is 0.161. The first kappa shape index (κ1) is 15.8. The number of fused-ring (bicyclic) bond motifs is 1. The Kier molecular flexibility index (Phi) is 4.37. The van der Waals surface area contributed by atoms with E-state index in [0.717, 1.165) is 55.5 Å². The van der Waals surface area contributed by atoms with Gasteiger partial charge in [0.05, 0.1) is 5.02 Å². The third-order valence-electron chi connectivity index (χ3n) is 4.96. The molecular formula is C18H20ClN3O2. The number of amides is 1. The molecule has 0 aliphatic carbocycles. The average molecular weight is 346 g/mol. The zero-order valence-corrected chi connectivity index (χ0v) is 14.2. The van der Waals surface area contributed by atoms with E-state index in [2.05, 4.69) is 16.0 Å². The molecule has 0 radical (unpaired) electrons. The Morgan fingerprint density at radius 3 is 2.83 bits per heavy atom. The highest BCUT2D eigenvalue weighted by Crippen LogP contribution is 2.29. The van der Waals surface area contributed by atoms with Crippen molar-refractivity contribution in [2.45, 2.75) is 37.7 Å². The van der Waals surface area contributed by atoms with Crippen molar-refractivity contribution in [3.05, 3.63) is 35.1 Å². The van der Waals surface area contributed by atoms with Crippen LogP contribution in [0.1, 0.15) is 37.3 Å². The second-order valence-corrected chi connectivity index (χ2v) is 6.97. The van der Waals surface area contributed by atoms with Crippen LogP contribution in [0.25, 0.3) is 11.0 Å². The van der Waals surface area contributed by atoms with Gasteiger partial charge < -0.3 is 9.64 Å². The van der Waals surface area contributed by atoms with Gasteiger partial charge in [-0.3, -0.25) is 4.79 Å². The first-order chi connectivity index (χ1) is 11.7. The van der Waals surface area contributed by atoms with Gasteiger partial charge in [-0.1, -0.05) is 11.6 Å². The van der Waals surface area contributed by atoms with Gasteiger partial charge in [-0.2, -0.15) is 0 Å². The van der Waals surface area contributed by atoms with Gasteiger partial charge in [-0.05, 0) is 43.9 Å². The molecule has 0 aromatic carbocycles. The molecule has 2 aliphatic heterocycles. The zero-order chi connectivity index (χ0) is 16.5. The number of halogens is 1. The van der Waals surface area contributed by atoms with E-state index < -0.39 is 0 Å². The number of likely N-dealkylation sites (tertiary alicyclic amines) is 1. The standard InChI is InChI=1S/C18H20ClN3O2/c19-14-10-13-3-4-15(21-17(13)20-11-14)12-5-7-22(8-6-12)18(23)16-2-1-9-24-16/h3-4,10-12,16H,1-2,5-9H2. The summed E-state index contributed by atoms with van der Waals surface area (Å²) in [6.45, 7) is 2.26. The first-order valence-corrected chi connectivity index (χ1v) is 8.91. The van der Waals surface area contributed by atoms with Crippen molar-refractivity contribution in [3.8, 4) is 0 Å². The molecular weight excluding hydrogens is 326 g/mol. The van der Waals surface area contributed by atoms with Crippen molar-refractivity contribution in [2.75, 3.05) is 19.7 Å². The molecule has 5 nitrogen and oxygen atoms in total. The summed E-state index contributed by atoms with van der Waals surface area (Å²) >= 11 is 5.97. The topological polar surface area (TPSA) is 55.3 Å². The number of carbonyl (C=O) groups excluding carboxylic acids is 1. The van der Waals surface area contributed by atoms with Gasteiger partial charge in [0, 0.05) is 42.9 Å². The lowest BCUT2D eigenvalue weighted by Crippen LogP contribution is -2.43. The van der Waals surface area contributed by atoms with Gasteiger partial charge in [0.15, 0.2) is 5.65 Å². The highest BCUT2D eigenvalue weighted by Gasteiger charge is 2.31. The Labute approximate surface area is 146 Å². The molecule has 0 saturated carbocycles. The summed E-state index contributed by atoms with van der Waals surface area (Å²) in [5.41, 5.74) is 1.79. The van der Waals surface area contributed by atoms with Crippen LogP contribution in [0.3, 0.4) is 0 Å². The number of ether oxygens (including phenoxy) is 1. The molecule has 1 atom stereocenters. The maximum Gasteiger partial charge on any atom is 0.251 e. The molecule has 24 heavy (non-hydrogen) atoms. The lowest BCUT2D eigenvalue weighted by Gasteiger charge is -2.33. The van der Waals surface area contributed by atoms with E-state index in [1.807, 2.05) is 17.0 Å². The van der Waals surface area contributed by atoms with E-state index >= 15 is 0 Å². The Hall–Kier alpha value is -1.72. The molecule has 6 heteroatoms. The van der Waals surface area contributed by atoms with Gasteiger partial charge in [0.2, 0.25) is 0 Å². The quantitative estimate of drug-likeness (QED) is 0.839. The maximum absolute atomic E-state index is 12.4. The number of hydrogen-bond donors (Lipinski definition) is 0. The third kappa shape index (κ3) is 3.10. The molecule has 2 saturated heterocycles. The highest BCUT2D eigenvalue weighted by atomic mass is 35.5. The Morgan fingerprint density at radius 2 is 2.08 bits per heavy atom. The van der Waals surface area contributed by atoms with Gasteiger partial charge >= 0.3 is 0 Å². The minimum Gasteiger partial charge on any atom is -0.368 e. The minimum atomic E-state index is -0.214. The van der Waals surface area contributed by atoms with E-state index in [1.165, 1.54) is 0 Å². The van der Waals surface area contributed by atoms with Crippen LogP contribution in [-0.4, -0.2) is 46.6 Å². The predicted octanol–water partition coefficient (Wildman–Crippen LogP) is 3.17. The molecule has 0 bridgehead atoms. The monoisotopic (exact) mass is 345 g/mol. The molecule has 126 valence electrons. The zero-order valence-electron chi connectivity index (χ0n) is 13.4. The van der Waals surface area contributed by atoms with E-state index in [9.17, 15) is 4.79 Å². The fourth-order valence-corrected chi connectivity index (χ4v) is 3.76. The Morgan fingerprint density at radius 1 is 1.25 bits per heavy atom. The number of piperidine rings is 1. The smallest absolute Gasteiger partial charge is 0.251 e. The fourth-order valence-electron chi connectivity index (χ4n) is 3.60. The van der Waals surface area contributed by atoms with E-state index in [1.54, 1.807) is 6.20 Å². The van der Waals surface area contributed by atoms with Crippen LogP contribution >= 0.6 is 11.6 Å². The average Bonchev–Trinajstić information content (AvgIpc) is 3.15. The molecule has 2 fully saturated rings. The second-order valence-electron chi connectivity index (χ2n) is 6.54. The number of pyridine rings is 2. The SMILES string of the molecule is O=C(C1CCCO1)N1CCC(c2ccc3cc(Cl)cnc3n2)CC1. The second kappa shape index (κ2) is 6.65. The molecule has 4 heterocycles. The largest absolute Gasteiger partial charge is 0.368 e. The summed E-state index contributed by atoms with van der Waals surface area (Å²) in [6, 6.07) is 5.96. The number of nitrogens with zero attached hydrogens (tertiary/aromatic N) is 3. The molecule has 1 amide bonds. The van der Waals surface area contributed by atoms with E-state index in [4.69, 9.17) is 16.3 Å². The molecule has 1 unspecified atom stereocenters. The lowest BCUT2D eigenvalue weighted by atomic mass is 9.92. The van der Waals surface area contributed by atoms with Crippen molar-refractivity contribution in [2.24, 2.45) is 0 Å². The summed E-state index contributed by atoms with van der Waals surface area (Å²) in [5, 5.41) is 1.58. The van der Waals surface area contributed by atoms with Gasteiger partial charge in [-0.15, -0.1) is 0 Å². The van der Waals surface area contributed by atoms with Crippen LogP contribution in [0.15, 0.2) is 24.4 Å². The van der Waals surface area contributed by atoms with E-state index in [-0.39, 0.29) is 12.0 Å². The van der Waals surface area contributed by atoms with E-state index in [0.29, 0.717) is 17.5 Å². The van der Waals surface area contributed by atoms with Crippen LogP contribution in [-0.2, 0) is 9.53 Å². The molecule has 2 aliphatic rings. The van der Waals surface area contributed by atoms with Crippen molar-refractivity contribution in [1.82, 2.24) is 14.9 Å². The predicted molar refractivity (Wildman–Crippen MR) is 92.1 cm³/mol. The first-order valence-electron chi connectivity index (χ1n) is 8.53. The molecule has 0 spiro atoms. The van der Waals surface area contributed by atoms with Gasteiger partial charge in [0.25, 0.3) is 5.91 Å². The number of aromatic nitrogens is 2. The van der Waals surface area contributed by atoms with Crippen LogP contribution in [0.5, 0.6) is 0 Å². The number of hydrogen-bond acceptors (Lipinski definition) is 4. The fraction of sp³-hybridized carbons (Fsp3) is 0.500. The number of rotatable bonds is 2. The summed E-state index contributed by atoms with van der Waals surface area (Å²) in [4.78, 5) is 23.4. The molecule has 2 aromatic rings. The summed E-state index contributed by atoms with van der Waals surface area (Å²) < 4.78 is 5.51. The summed E-state index contributed by atoms with van der Waals surface area (Å²) in [6.07, 6.45) is 5.14. The molecule has 0 N–H and O–H groups in total. The van der Waals surface area contributed by atoms with Gasteiger partial charge in [0.1, 0.15) is 6.10 Å². The third-order valence-corrected chi connectivity index (χ3v) is 5.17. The lowest BCUT2D eigenvalue weighted by molar-refractivity contribution is -0.142. The van der Waals surface area contributed by atoms with Crippen molar-refractivity contribution in [1.29, 1.82) is 0 Å². The van der Waals surface area contributed by atoms with Crippen molar-refractivity contribution >= 4 is 28.5 Å². The maximum atomic E-state index is 12.4. The molecule has 4 rings (SSSR count).